The molecule has 3 N–H and O–H groups in total. The zero-order chi connectivity index (χ0) is 16.8. The Morgan fingerprint density at radius 2 is 1.96 bits per heavy atom. The molecule has 0 bridgehead atoms. The van der Waals surface area contributed by atoms with Gasteiger partial charge in [0.25, 0.3) is 5.91 Å². The molecular weight excluding hydrogens is 304 g/mol. The van der Waals surface area contributed by atoms with E-state index in [9.17, 15) is 9.59 Å². The molecule has 1 atom stereocenters. The van der Waals surface area contributed by atoms with Crippen LogP contribution in [0.2, 0.25) is 0 Å². The first-order valence-electron chi connectivity index (χ1n) is 8.05. The minimum absolute atomic E-state index is 0.0407. The third kappa shape index (κ3) is 4.39. The van der Waals surface area contributed by atoms with Crippen LogP contribution in [0, 0.1) is 0 Å². The molecule has 1 aromatic heterocycles. The Kier molecular flexibility index (Phi) is 5.18. The zero-order valence-corrected chi connectivity index (χ0v) is 13.3. The molecule has 0 aliphatic carbocycles. The van der Waals surface area contributed by atoms with E-state index in [1.165, 1.54) is 0 Å². The maximum Gasteiger partial charge on any atom is 0.255 e. The second-order valence-corrected chi connectivity index (χ2v) is 5.82. The SMILES string of the molecule is O=C(CC1CCCN1)Nc1cccc(C(=O)Nc2ccncc2)c1. The summed E-state index contributed by atoms with van der Waals surface area (Å²) in [5.41, 5.74) is 1.79. The van der Waals surface area contributed by atoms with Gasteiger partial charge in [-0.2, -0.15) is 0 Å². The van der Waals surface area contributed by atoms with Crippen molar-refractivity contribution in [2.45, 2.75) is 25.3 Å². The van der Waals surface area contributed by atoms with Crippen LogP contribution in [0.3, 0.4) is 0 Å². The standard InChI is InChI=1S/C18H20N4O2/c23-17(12-15-5-2-8-20-15)21-16-4-1-3-13(11-16)18(24)22-14-6-9-19-10-7-14/h1,3-4,6-7,9-11,15,20H,2,5,8,12H2,(H,21,23)(H,19,22,24). The molecule has 2 amide bonds. The maximum absolute atomic E-state index is 12.3. The largest absolute Gasteiger partial charge is 0.326 e. The Bertz CT molecular complexity index is 712. The Hall–Kier alpha value is -2.73. The van der Waals surface area contributed by atoms with Crippen molar-refractivity contribution in [3.63, 3.8) is 0 Å². The van der Waals surface area contributed by atoms with Gasteiger partial charge in [0, 0.05) is 41.8 Å². The summed E-state index contributed by atoms with van der Waals surface area (Å²) >= 11 is 0. The van der Waals surface area contributed by atoms with Crippen LogP contribution in [0.25, 0.3) is 0 Å². The number of nitrogens with one attached hydrogen (secondary N) is 3. The van der Waals surface area contributed by atoms with Crippen molar-refractivity contribution in [1.82, 2.24) is 10.3 Å². The van der Waals surface area contributed by atoms with Crippen LogP contribution in [0.1, 0.15) is 29.6 Å². The number of benzene rings is 1. The van der Waals surface area contributed by atoms with Crippen LogP contribution in [0.5, 0.6) is 0 Å². The fourth-order valence-electron chi connectivity index (χ4n) is 2.74. The van der Waals surface area contributed by atoms with Gasteiger partial charge in [0.2, 0.25) is 5.91 Å². The summed E-state index contributed by atoms with van der Waals surface area (Å²) in [6.07, 6.45) is 5.82. The molecule has 1 aromatic carbocycles. The second-order valence-electron chi connectivity index (χ2n) is 5.82. The normalized spacial score (nSPS) is 16.6. The molecule has 6 nitrogen and oxygen atoms in total. The molecule has 1 unspecified atom stereocenters. The number of amides is 2. The fourth-order valence-corrected chi connectivity index (χ4v) is 2.74. The molecule has 0 radical (unpaired) electrons. The van der Waals surface area contributed by atoms with Gasteiger partial charge in [-0.1, -0.05) is 6.07 Å². The number of anilines is 2. The Balaban J connectivity index is 1.60. The van der Waals surface area contributed by atoms with E-state index in [4.69, 9.17) is 0 Å². The number of hydrogen-bond acceptors (Lipinski definition) is 4. The number of carbonyl (C=O) groups excluding carboxylic acids is 2. The van der Waals surface area contributed by atoms with E-state index in [-0.39, 0.29) is 17.9 Å². The zero-order valence-electron chi connectivity index (χ0n) is 13.3. The lowest BCUT2D eigenvalue weighted by atomic mass is 10.1. The summed E-state index contributed by atoms with van der Waals surface area (Å²) in [5, 5.41) is 8.95. The van der Waals surface area contributed by atoms with Gasteiger partial charge in [0.1, 0.15) is 0 Å². The van der Waals surface area contributed by atoms with Crippen LogP contribution in [0.4, 0.5) is 11.4 Å². The lowest BCUT2D eigenvalue weighted by Gasteiger charge is -2.11. The molecule has 1 aliphatic heterocycles. The topological polar surface area (TPSA) is 83.1 Å². The summed E-state index contributed by atoms with van der Waals surface area (Å²) in [7, 11) is 0. The van der Waals surface area contributed by atoms with Gasteiger partial charge in [0.15, 0.2) is 0 Å². The van der Waals surface area contributed by atoms with Crippen molar-refractivity contribution in [1.29, 1.82) is 0 Å². The Morgan fingerprint density at radius 3 is 2.71 bits per heavy atom. The van der Waals surface area contributed by atoms with E-state index in [2.05, 4.69) is 20.9 Å². The summed E-state index contributed by atoms with van der Waals surface area (Å²) < 4.78 is 0. The van der Waals surface area contributed by atoms with Crippen molar-refractivity contribution in [3.05, 3.63) is 54.4 Å². The minimum Gasteiger partial charge on any atom is -0.326 e. The van der Waals surface area contributed by atoms with Crippen molar-refractivity contribution in [2.75, 3.05) is 17.2 Å². The quantitative estimate of drug-likeness (QED) is 0.789. The predicted molar refractivity (Wildman–Crippen MR) is 92.9 cm³/mol. The molecule has 0 saturated carbocycles. The van der Waals surface area contributed by atoms with Crippen molar-refractivity contribution < 1.29 is 9.59 Å². The molecule has 3 rings (SSSR count). The first-order valence-corrected chi connectivity index (χ1v) is 8.05. The van der Waals surface area contributed by atoms with Crippen molar-refractivity contribution >= 4 is 23.2 Å². The van der Waals surface area contributed by atoms with Crippen molar-refractivity contribution in [2.24, 2.45) is 0 Å². The Labute approximate surface area is 140 Å². The lowest BCUT2D eigenvalue weighted by Crippen LogP contribution is -2.27. The van der Waals surface area contributed by atoms with E-state index < -0.39 is 0 Å². The van der Waals surface area contributed by atoms with Gasteiger partial charge in [-0.05, 0) is 49.7 Å². The van der Waals surface area contributed by atoms with Crippen LogP contribution in [0.15, 0.2) is 48.8 Å². The molecule has 6 heteroatoms. The minimum atomic E-state index is -0.227. The summed E-state index contributed by atoms with van der Waals surface area (Å²) in [5.74, 6) is -0.268. The highest BCUT2D eigenvalue weighted by Crippen LogP contribution is 2.15. The number of carbonyl (C=O) groups is 2. The van der Waals surface area contributed by atoms with Gasteiger partial charge in [-0.25, -0.2) is 0 Å². The van der Waals surface area contributed by atoms with Crippen LogP contribution >= 0.6 is 0 Å². The number of rotatable bonds is 5. The average Bonchev–Trinajstić information content (AvgIpc) is 3.09. The number of hydrogen-bond donors (Lipinski definition) is 3. The molecular formula is C18H20N4O2. The van der Waals surface area contributed by atoms with E-state index >= 15 is 0 Å². The van der Waals surface area contributed by atoms with Crippen LogP contribution in [-0.2, 0) is 4.79 Å². The molecule has 1 saturated heterocycles. The molecule has 2 aromatic rings. The highest BCUT2D eigenvalue weighted by molar-refractivity contribution is 6.05. The highest BCUT2D eigenvalue weighted by Gasteiger charge is 2.17. The third-order valence-electron chi connectivity index (χ3n) is 3.94. The average molecular weight is 324 g/mol. The predicted octanol–water partition coefficient (Wildman–Crippen LogP) is 2.41. The third-order valence-corrected chi connectivity index (χ3v) is 3.94. The van der Waals surface area contributed by atoms with Crippen LogP contribution < -0.4 is 16.0 Å². The van der Waals surface area contributed by atoms with E-state index in [1.807, 2.05) is 0 Å². The first-order chi connectivity index (χ1) is 11.7. The van der Waals surface area contributed by atoms with Crippen LogP contribution in [-0.4, -0.2) is 29.4 Å². The molecule has 2 heterocycles. The van der Waals surface area contributed by atoms with Gasteiger partial charge in [-0.15, -0.1) is 0 Å². The molecule has 0 spiro atoms. The summed E-state index contributed by atoms with van der Waals surface area (Å²) in [4.78, 5) is 28.3. The molecule has 124 valence electrons. The van der Waals surface area contributed by atoms with Gasteiger partial charge in [0.05, 0.1) is 0 Å². The lowest BCUT2D eigenvalue weighted by molar-refractivity contribution is -0.116. The summed E-state index contributed by atoms with van der Waals surface area (Å²) in [6, 6.07) is 10.6. The highest BCUT2D eigenvalue weighted by atomic mass is 16.2. The van der Waals surface area contributed by atoms with E-state index in [0.717, 1.165) is 19.4 Å². The fraction of sp³-hybridized carbons (Fsp3) is 0.278. The first kappa shape index (κ1) is 16.1. The second kappa shape index (κ2) is 7.70. The molecule has 1 fully saturated rings. The monoisotopic (exact) mass is 324 g/mol. The Morgan fingerprint density at radius 1 is 1.12 bits per heavy atom. The molecule has 24 heavy (non-hydrogen) atoms. The smallest absolute Gasteiger partial charge is 0.255 e. The summed E-state index contributed by atoms with van der Waals surface area (Å²) in [6.45, 7) is 0.975. The number of nitrogens with zero attached hydrogens (tertiary/aromatic N) is 1. The number of pyridine rings is 1. The van der Waals surface area contributed by atoms with Gasteiger partial charge in [-0.3, -0.25) is 14.6 Å². The van der Waals surface area contributed by atoms with E-state index in [0.29, 0.717) is 23.4 Å². The molecule has 1 aliphatic rings. The van der Waals surface area contributed by atoms with Gasteiger partial charge >= 0.3 is 0 Å². The van der Waals surface area contributed by atoms with Crippen molar-refractivity contribution in [3.8, 4) is 0 Å². The number of aromatic nitrogens is 1. The van der Waals surface area contributed by atoms with E-state index in [1.54, 1.807) is 48.8 Å². The maximum atomic E-state index is 12.3. The van der Waals surface area contributed by atoms with Gasteiger partial charge < -0.3 is 16.0 Å².